The molecule has 10 nitrogen and oxygen atoms in total. The molecule has 0 aliphatic heterocycles. The van der Waals surface area contributed by atoms with Gasteiger partial charge in [-0.05, 0) is 73.4 Å². The maximum atomic E-state index is 13.0. The van der Waals surface area contributed by atoms with E-state index in [0.717, 1.165) is 17.5 Å². The number of hydrogen-bond donors (Lipinski definition) is 4. The molecular formula is C36H44N4O6. The smallest absolute Gasteiger partial charge is 0.306 e. The zero-order valence-corrected chi connectivity index (χ0v) is 26.9. The highest BCUT2D eigenvalue weighted by Gasteiger charge is 2.26. The van der Waals surface area contributed by atoms with Crippen LogP contribution >= 0.6 is 0 Å². The quantitative estimate of drug-likeness (QED) is 0.0724. The highest BCUT2D eigenvalue weighted by atomic mass is 16.5. The van der Waals surface area contributed by atoms with Gasteiger partial charge in [-0.2, -0.15) is 5.10 Å². The van der Waals surface area contributed by atoms with Crippen LogP contribution in [0.4, 0.5) is 11.4 Å². The first-order valence-corrected chi connectivity index (χ1v) is 15.6. The predicted octanol–water partition coefficient (Wildman–Crippen LogP) is 6.40. The molecule has 244 valence electrons. The first-order valence-electron chi connectivity index (χ1n) is 15.6. The minimum Gasteiger partial charge on any atom is -0.495 e. The molecule has 46 heavy (non-hydrogen) atoms. The predicted molar refractivity (Wildman–Crippen MR) is 180 cm³/mol. The molecule has 0 heterocycles. The third-order valence-corrected chi connectivity index (χ3v) is 8.03. The molecule has 10 heteroatoms. The Balaban J connectivity index is 1.53. The Morgan fingerprint density at radius 1 is 0.848 bits per heavy atom. The first-order chi connectivity index (χ1) is 22.2. The van der Waals surface area contributed by atoms with E-state index in [9.17, 15) is 24.3 Å². The SMILES string of the molecule is CCC(CCC(CC(CC)c1ccccc1)C(=O)O)C(=O)NCc1ccc(N/N=C(/C(C)=O)C(=O)Nc2ccccc2OC)cc1. The lowest BCUT2D eigenvalue weighted by atomic mass is 9.83. The van der Waals surface area contributed by atoms with Crippen LogP contribution in [0, 0.1) is 11.8 Å². The summed E-state index contributed by atoms with van der Waals surface area (Å²) in [5, 5.41) is 19.5. The third kappa shape index (κ3) is 10.6. The van der Waals surface area contributed by atoms with Crippen LogP contribution in [-0.2, 0) is 25.7 Å². The summed E-state index contributed by atoms with van der Waals surface area (Å²) in [4.78, 5) is 50.0. The van der Waals surface area contributed by atoms with Gasteiger partial charge in [0.15, 0.2) is 11.5 Å². The number of carboxylic acid groups (broad SMARTS) is 1. The summed E-state index contributed by atoms with van der Waals surface area (Å²) in [5.74, 6) is -2.33. The molecule has 0 saturated carbocycles. The molecule has 0 aliphatic carbocycles. The fourth-order valence-corrected chi connectivity index (χ4v) is 5.24. The van der Waals surface area contributed by atoms with Crippen LogP contribution in [0.1, 0.15) is 69.9 Å². The number of rotatable bonds is 18. The van der Waals surface area contributed by atoms with E-state index in [0.29, 0.717) is 49.4 Å². The molecule has 2 amide bonds. The summed E-state index contributed by atoms with van der Waals surface area (Å²) < 4.78 is 5.24. The number of hydrogen-bond acceptors (Lipinski definition) is 7. The number of benzene rings is 3. The molecule has 3 aromatic rings. The van der Waals surface area contributed by atoms with Gasteiger partial charge in [0, 0.05) is 19.4 Å². The summed E-state index contributed by atoms with van der Waals surface area (Å²) >= 11 is 0. The van der Waals surface area contributed by atoms with Gasteiger partial charge in [-0.3, -0.25) is 24.6 Å². The number of nitrogens with zero attached hydrogens (tertiary/aromatic N) is 1. The van der Waals surface area contributed by atoms with Crippen molar-refractivity contribution in [2.24, 2.45) is 16.9 Å². The van der Waals surface area contributed by atoms with Gasteiger partial charge in [0.1, 0.15) is 5.75 Å². The Labute approximate surface area is 270 Å². The van der Waals surface area contributed by atoms with Gasteiger partial charge in [-0.25, -0.2) is 0 Å². The van der Waals surface area contributed by atoms with Gasteiger partial charge in [-0.15, -0.1) is 0 Å². The van der Waals surface area contributed by atoms with Gasteiger partial charge >= 0.3 is 5.97 Å². The summed E-state index contributed by atoms with van der Waals surface area (Å²) in [6.07, 6.45) is 2.93. The number of para-hydroxylation sites is 2. The van der Waals surface area contributed by atoms with E-state index in [4.69, 9.17) is 4.74 Å². The Kier molecular flexibility index (Phi) is 14.0. The molecule has 3 unspecified atom stereocenters. The minimum absolute atomic E-state index is 0.110. The number of anilines is 2. The molecule has 3 atom stereocenters. The van der Waals surface area contributed by atoms with E-state index in [-0.39, 0.29) is 23.5 Å². The molecule has 0 saturated heterocycles. The maximum absolute atomic E-state index is 13.0. The summed E-state index contributed by atoms with van der Waals surface area (Å²) in [5.41, 5.74) is 5.39. The summed E-state index contributed by atoms with van der Waals surface area (Å²) in [6.45, 7) is 5.56. The summed E-state index contributed by atoms with van der Waals surface area (Å²) in [7, 11) is 1.48. The standard InChI is InChI=1S/C36H44N4O6/c1-5-26(18-19-29(36(44)45)22-27(6-2)28-12-8-7-9-13-28)34(42)37-23-25-16-20-30(21-17-25)39-40-33(24(3)41)35(43)38-31-14-10-11-15-32(31)46-4/h7-17,20-21,26-27,29,39H,5-6,18-19,22-23H2,1-4H3,(H,37,42)(H,38,43)(H,44,45)/b40-33-. The van der Waals surface area contributed by atoms with E-state index >= 15 is 0 Å². The minimum atomic E-state index is -0.824. The Bertz CT molecular complexity index is 1490. The van der Waals surface area contributed by atoms with Crippen molar-refractivity contribution in [1.29, 1.82) is 0 Å². The van der Waals surface area contributed by atoms with Crippen LogP contribution in [0.25, 0.3) is 0 Å². The van der Waals surface area contributed by atoms with Crippen molar-refractivity contribution in [1.82, 2.24) is 5.32 Å². The largest absolute Gasteiger partial charge is 0.495 e. The molecule has 0 bridgehead atoms. The van der Waals surface area contributed by atoms with Crippen molar-refractivity contribution in [3.05, 3.63) is 90.0 Å². The molecule has 0 spiro atoms. The number of carbonyl (C=O) groups excluding carboxylic acids is 3. The van der Waals surface area contributed by atoms with E-state index in [1.807, 2.05) is 37.3 Å². The topological polar surface area (TPSA) is 146 Å². The van der Waals surface area contributed by atoms with Crippen LogP contribution in [0.15, 0.2) is 84.0 Å². The zero-order chi connectivity index (χ0) is 33.5. The highest BCUT2D eigenvalue weighted by molar-refractivity contribution is 6.67. The lowest BCUT2D eigenvalue weighted by molar-refractivity contribution is -0.143. The second kappa shape index (κ2) is 18.1. The van der Waals surface area contributed by atoms with Crippen molar-refractivity contribution in [3.8, 4) is 5.75 Å². The van der Waals surface area contributed by atoms with Gasteiger partial charge < -0.3 is 20.5 Å². The van der Waals surface area contributed by atoms with Gasteiger partial charge in [0.2, 0.25) is 5.91 Å². The number of nitrogens with one attached hydrogen (secondary N) is 3. The molecule has 3 aromatic carbocycles. The number of amides is 2. The number of carboxylic acids is 1. The molecule has 3 rings (SSSR count). The monoisotopic (exact) mass is 628 g/mol. The van der Waals surface area contributed by atoms with E-state index in [1.54, 1.807) is 48.5 Å². The highest BCUT2D eigenvalue weighted by Crippen LogP contribution is 2.30. The molecule has 0 aliphatic rings. The van der Waals surface area contributed by atoms with Crippen LogP contribution in [0.5, 0.6) is 5.75 Å². The maximum Gasteiger partial charge on any atom is 0.306 e. The van der Waals surface area contributed by atoms with Gasteiger partial charge in [-0.1, -0.05) is 68.4 Å². The Hall–Kier alpha value is -4.99. The average molecular weight is 629 g/mol. The normalized spacial score (nSPS) is 13.2. The van der Waals surface area contributed by atoms with Crippen LogP contribution in [0.2, 0.25) is 0 Å². The lowest BCUT2D eigenvalue weighted by Crippen LogP contribution is -2.31. The van der Waals surface area contributed by atoms with Gasteiger partial charge in [0.05, 0.1) is 24.4 Å². The molecule has 4 N–H and O–H groups in total. The van der Waals surface area contributed by atoms with Crippen LogP contribution < -0.4 is 20.8 Å². The van der Waals surface area contributed by atoms with Crippen molar-refractivity contribution in [2.45, 2.75) is 65.3 Å². The van der Waals surface area contributed by atoms with E-state index < -0.39 is 23.6 Å². The number of hydrazone groups is 1. The lowest BCUT2D eigenvalue weighted by Gasteiger charge is -2.22. The Morgan fingerprint density at radius 3 is 2.11 bits per heavy atom. The van der Waals surface area contributed by atoms with E-state index in [1.165, 1.54) is 14.0 Å². The number of aliphatic carboxylic acids is 1. The fraction of sp³-hybridized carbons (Fsp3) is 0.361. The second-order valence-electron chi connectivity index (χ2n) is 11.2. The second-order valence-corrected chi connectivity index (χ2v) is 11.2. The number of Topliss-reactive ketones (excluding diaryl/α,β-unsaturated/α-hetero) is 1. The number of carbonyl (C=O) groups is 4. The number of ketones is 1. The molecule has 0 aromatic heterocycles. The number of ether oxygens (including phenoxy) is 1. The molecule has 0 radical (unpaired) electrons. The van der Waals surface area contributed by atoms with Crippen molar-refractivity contribution >= 4 is 40.7 Å². The fourth-order valence-electron chi connectivity index (χ4n) is 5.24. The Morgan fingerprint density at radius 2 is 1.50 bits per heavy atom. The van der Waals surface area contributed by atoms with E-state index in [2.05, 4.69) is 28.1 Å². The average Bonchev–Trinajstić information content (AvgIpc) is 3.06. The van der Waals surface area contributed by atoms with Crippen molar-refractivity contribution in [3.63, 3.8) is 0 Å². The number of methoxy groups -OCH3 is 1. The molecule has 0 fully saturated rings. The third-order valence-electron chi connectivity index (χ3n) is 8.03. The van der Waals surface area contributed by atoms with Crippen LogP contribution in [0.3, 0.4) is 0 Å². The van der Waals surface area contributed by atoms with Crippen LogP contribution in [-0.4, -0.2) is 41.5 Å². The molecular weight excluding hydrogens is 584 g/mol. The van der Waals surface area contributed by atoms with Gasteiger partial charge in [0.25, 0.3) is 5.91 Å². The van der Waals surface area contributed by atoms with Crippen molar-refractivity contribution < 1.29 is 29.0 Å². The summed E-state index contributed by atoms with van der Waals surface area (Å²) in [6, 6.07) is 23.9. The van der Waals surface area contributed by atoms with Crippen molar-refractivity contribution in [2.75, 3.05) is 17.9 Å². The first kappa shape index (κ1) is 35.5. The zero-order valence-electron chi connectivity index (χ0n) is 26.9.